The maximum Gasteiger partial charge on any atom is 0.238 e. The lowest BCUT2D eigenvalue weighted by atomic mass is 9.63. The maximum absolute atomic E-state index is 6.88. The first-order valence-electron chi connectivity index (χ1n) is 20.3. The van der Waals surface area contributed by atoms with E-state index in [9.17, 15) is 0 Å². The van der Waals surface area contributed by atoms with Crippen molar-refractivity contribution >= 4 is 172 Å². The molecule has 270 valence electrons. The van der Waals surface area contributed by atoms with Crippen LogP contribution in [-0.2, 0) is 0 Å². The summed E-state index contributed by atoms with van der Waals surface area (Å²) in [5.74, 6) is 1.74. The fourth-order valence-corrected chi connectivity index (χ4v) is 9.49. The van der Waals surface area contributed by atoms with Crippen molar-refractivity contribution in [2.75, 3.05) is 0 Å². The van der Waals surface area contributed by atoms with E-state index in [1.54, 1.807) is 0 Å². The normalized spacial score (nSPS) is 11.9. The number of nitrogens with zero attached hydrogens (tertiary/aromatic N) is 4. The highest BCUT2D eigenvalue weighted by Crippen LogP contribution is 2.40. The van der Waals surface area contributed by atoms with E-state index in [4.69, 9.17) is 23.8 Å². The minimum atomic E-state index is 0.553. The second kappa shape index (κ2) is 13.0. The second-order valence-corrected chi connectivity index (χ2v) is 16.2. The van der Waals surface area contributed by atoms with Gasteiger partial charge in [0.25, 0.3) is 0 Å². The molecule has 0 saturated carbocycles. The molecule has 4 aromatic heterocycles. The van der Waals surface area contributed by atoms with E-state index in [-0.39, 0.29) is 0 Å². The summed E-state index contributed by atoms with van der Waals surface area (Å²) in [6.07, 6.45) is 0. The van der Waals surface area contributed by atoms with E-state index in [0.29, 0.717) is 17.6 Å². The van der Waals surface area contributed by atoms with E-state index in [1.807, 2.05) is 30.3 Å². The molecule has 0 aliphatic carbocycles. The standard InChI is InChI=1S/C45H34B8N4O2/c46-31-29-30-32(47)34(49)36(51)38(53)40(30)57(39(29)37(52)35(50)33(31)48)45-55-43(19-8-2-1-3-9-19)54-44(56-45)26-14-7-13-25-23-17-16-20(18-28(23)59-42(25)26)21-11-6-12-24-22-10-4-5-15-27(22)58-41(21)24/h1-18H,46-53H2. The zero-order valence-electron chi connectivity index (χ0n) is 34.5. The van der Waals surface area contributed by atoms with Gasteiger partial charge in [0.1, 0.15) is 85.1 Å². The molecule has 6 nitrogen and oxygen atoms in total. The zero-order chi connectivity index (χ0) is 40.4. The Morgan fingerprint density at radius 2 is 0.915 bits per heavy atom. The number of aromatic nitrogens is 4. The average Bonchev–Trinajstić information content (AvgIpc) is 3.96. The molecule has 14 heteroatoms. The number of rotatable bonds is 4. The molecule has 59 heavy (non-hydrogen) atoms. The van der Waals surface area contributed by atoms with Crippen molar-refractivity contribution in [3.8, 4) is 39.9 Å². The Bertz CT molecular complexity index is 3540. The summed E-state index contributed by atoms with van der Waals surface area (Å²) in [5.41, 5.74) is 19.5. The summed E-state index contributed by atoms with van der Waals surface area (Å²) in [6.45, 7) is 0. The quantitative estimate of drug-likeness (QED) is 0.192. The average molecular weight is 749 g/mol. The van der Waals surface area contributed by atoms with Crippen molar-refractivity contribution in [2.24, 2.45) is 0 Å². The molecule has 0 atom stereocenters. The molecule has 11 aromatic rings. The molecule has 0 radical (unpaired) electrons. The van der Waals surface area contributed by atoms with Gasteiger partial charge < -0.3 is 8.83 Å². The minimum Gasteiger partial charge on any atom is -0.455 e. The Balaban J connectivity index is 1.18. The van der Waals surface area contributed by atoms with Gasteiger partial charge in [-0.05, 0) is 40.6 Å². The molecule has 7 aromatic carbocycles. The number of fused-ring (bicyclic) bond motifs is 9. The van der Waals surface area contributed by atoms with Gasteiger partial charge in [-0.3, -0.25) is 4.57 Å². The van der Waals surface area contributed by atoms with Gasteiger partial charge >= 0.3 is 0 Å². The highest BCUT2D eigenvalue weighted by molar-refractivity contribution is 6.71. The summed E-state index contributed by atoms with van der Waals surface area (Å²) in [4.78, 5) is 16.0. The number of hydrogen-bond acceptors (Lipinski definition) is 5. The minimum absolute atomic E-state index is 0.553. The largest absolute Gasteiger partial charge is 0.455 e. The Hall–Kier alpha value is -6.53. The first-order valence-corrected chi connectivity index (χ1v) is 20.3. The van der Waals surface area contributed by atoms with Crippen molar-refractivity contribution in [3.63, 3.8) is 0 Å². The van der Waals surface area contributed by atoms with Gasteiger partial charge in [-0.25, -0.2) is 4.98 Å². The van der Waals surface area contributed by atoms with E-state index in [1.165, 1.54) is 54.5 Å². The van der Waals surface area contributed by atoms with Gasteiger partial charge in [-0.2, -0.15) is 9.97 Å². The van der Waals surface area contributed by atoms with Gasteiger partial charge in [-0.1, -0.05) is 118 Å². The number of para-hydroxylation sites is 3. The number of benzene rings is 7. The van der Waals surface area contributed by atoms with Crippen molar-refractivity contribution in [2.45, 2.75) is 0 Å². The third kappa shape index (κ3) is 5.08. The third-order valence-electron chi connectivity index (χ3n) is 13.3. The predicted octanol–water partition coefficient (Wildman–Crippen LogP) is -2.16. The molecule has 0 bridgehead atoms. The summed E-state index contributed by atoms with van der Waals surface area (Å²) >= 11 is 0. The Morgan fingerprint density at radius 3 is 1.59 bits per heavy atom. The Labute approximate surface area is 348 Å². The lowest BCUT2D eigenvalue weighted by Crippen LogP contribution is -2.49. The van der Waals surface area contributed by atoms with Crippen LogP contribution in [0.15, 0.2) is 118 Å². The molecule has 0 fully saturated rings. The molecule has 0 N–H and O–H groups in total. The highest BCUT2D eigenvalue weighted by Gasteiger charge is 2.26. The van der Waals surface area contributed by atoms with Gasteiger partial charge in [0.15, 0.2) is 11.6 Å². The monoisotopic (exact) mass is 750 g/mol. The van der Waals surface area contributed by atoms with Crippen LogP contribution < -0.4 is 43.7 Å². The highest BCUT2D eigenvalue weighted by atomic mass is 16.3. The maximum atomic E-state index is 6.88. The Kier molecular flexibility index (Phi) is 7.84. The van der Waals surface area contributed by atoms with Gasteiger partial charge in [0.05, 0.1) is 5.56 Å². The molecular formula is C45H34B8N4O2. The van der Waals surface area contributed by atoms with Crippen LogP contribution in [0.25, 0.3) is 106 Å². The SMILES string of the molecule is Bc1c(B)c(B)c2c(c1B)c1c(B)c(B)c(B)c(B)c1n2-c1nc(-c2ccccc2)nc(-c2cccc3c2oc2cc(-c4cccc5c4oc4ccccc45)ccc23)n1. The smallest absolute Gasteiger partial charge is 0.238 e. The molecule has 0 amide bonds. The van der Waals surface area contributed by atoms with Crippen LogP contribution in [0.3, 0.4) is 0 Å². The molecule has 0 aliphatic heterocycles. The molecular weight excluding hydrogens is 715 g/mol. The topological polar surface area (TPSA) is 69.9 Å². The predicted molar refractivity (Wildman–Crippen MR) is 270 cm³/mol. The molecule has 11 rings (SSSR count). The van der Waals surface area contributed by atoms with Gasteiger partial charge in [0, 0.05) is 43.7 Å². The molecule has 0 spiro atoms. The summed E-state index contributed by atoms with van der Waals surface area (Å²) in [7, 11) is 17.9. The Morgan fingerprint density at radius 1 is 0.390 bits per heavy atom. The zero-order valence-corrected chi connectivity index (χ0v) is 34.5. The van der Waals surface area contributed by atoms with Crippen LogP contribution in [0, 0.1) is 0 Å². The fraction of sp³-hybridized carbons (Fsp3) is 0. The van der Waals surface area contributed by atoms with E-state index >= 15 is 0 Å². The molecule has 0 saturated heterocycles. The number of hydrogen-bond donors (Lipinski definition) is 0. The van der Waals surface area contributed by atoms with Gasteiger partial charge in [0.2, 0.25) is 5.95 Å². The lowest BCUT2D eigenvalue weighted by molar-refractivity contribution is 0.668. The lowest BCUT2D eigenvalue weighted by Gasteiger charge is -2.16. The van der Waals surface area contributed by atoms with E-state index < -0.39 is 0 Å². The first kappa shape index (κ1) is 35.6. The van der Waals surface area contributed by atoms with Crippen LogP contribution >= 0.6 is 0 Å². The summed E-state index contributed by atoms with van der Waals surface area (Å²) < 4.78 is 15.6. The fourth-order valence-electron chi connectivity index (χ4n) is 9.49. The second-order valence-electron chi connectivity index (χ2n) is 16.2. The van der Waals surface area contributed by atoms with E-state index in [0.717, 1.165) is 77.2 Å². The molecule has 0 unspecified atom stereocenters. The van der Waals surface area contributed by atoms with Gasteiger partial charge in [-0.15, -0.1) is 10.9 Å². The summed E-state index contributed by atoms with van der Waals surface area (Å²) in [6, 6.07) is 37.4. The van der Waals surface area contributed by atoms with Crippen LogP contribution in [0.1, 0.15) is 0 Å². The van der Waals surface area contributed by atoms with Crippen molar-refractivity contribution in [3.05, 3.63) is 109 Å². The van der Waals surface area contributed by atoms with Crippen molar-refractivity contribution < 1.29 is 8.83 Å². The van der Waals surface area contributed by atoms with Crippen molar-refractivity contribution in [1.29, 1.82) is 0 Å². The van der Waals surface area contributed by atoms with Crippen molar-refractivity contribution in [1.82, 2.24) is 19.5 Å². The first-order chi connectivity index (χ1) is 28.6. The van der Waals surface area contributed by atoms with Crippen LogP contribution in [-0.4, -0.2) is 82.3 Å². The number of furan rings is 2. The van der Waals surface area contributed by atoms with E-state index in [2.05, 4.69) is 146 Å². The third-order valence-corrected chi connectivity index (χ3v) is 13.3. The summed E-state index contributed by atoms with van der Waals surface area (Å²) in [5, 5.41) is 6.76. The molecule has 0 aliphatic rings. The van der Waals surface area contributed by atoms with Crippen LogP contribution in [0.4, 0.5) is 0 Å². The van der Waals surface area contributed by atoms with Crippen LogP contribution in [0.2, 0.25) is 0 Å². The van der Waals surface area contributed by atoms with Crippen LogP contribution in [0.5, 0.6) is 0 Å². The molecule has 4 heterocycles.